The molecule has 18 heavy (non-hydrogen) atoms. The molecule has 0 aromatic heterocycles. The molecule has 0 spiro atoms. The maximum absolute atomic E-state index is 2.30. The van der Waals surface area contributed by atoms with Gasteiger partial charge >= 0.3 is 0 Å². The maximum atomic E-state index is 2.30. The van der Waals surface area contributed by atoms with E-state index in [-0.39, 0.29) is 0 Å². The first-order valence-electron chi connectivity index (χ1n) is 6.55. The minimum absolute atomic E-state index is 0.443. The molecule has 0 bridgehead atoms. The monoisotopic (exact) mass is 242 g/mol. The first kappa shape index (κ1) is 12.8. The van der Waals surface area contributed by atoms with Crippen molar-refractivity contribution in [2.75, 3.05) is 14.1 Å². The zero-order valence-electron chi connectivity index (χ0n) is 11.1. The van der Waals surface area contributed by atoms with Gasteiger partial charge in [0.15, 0.2) is 12.1 Å². The van der Waals surface area contributed by atoms with Crippen LogP contribution in [0.5, 0.6) is 0 Å². The van der Waals surface area contributed by atoms with Crippen LogP contribution in [0, 0.1) is 0 Å². The normalized spacial score (nSPS) is 14.1. The van der Waals surface area contributed by atoms with Crippen molar-refractivity contribution in [3.8, 4) is 0 Å². The van der Waals surface area contributed by atoms with Gasteiger partial charge in [-0.15, -0.1) is 0 Å². The Morgan fingerprint density at radius 1 is 0.611 bits per heavy atom. The molecule has 4 N–H and O–H groups in total. The van der Waals surface area contributed by atoms with E-state index in [0.29, 0.717) is 12.1 Å². The van der Waals surface area contributed by atoms with Crippen molar-refractivity contribution in [3.63, 3.8) is 0 Å². The number of hydrogen-bond acceptors (Lipinski definition) is 0. The van der Waals surface area contributed by atoms with Crippen LogP contribution in [0.3, 0.4) is 0 Å². The highest BCUT2D eigenvalue weighted by Crippen LogP contribution is 2.21. The number of quaternary nitrogens is 2. The molecular formula is C16H22N2+2. The molecule has 0 aliphatic rings. The van der Waals surface area contributed by atoms with E-state index in [1.165, 1.54) is 11.1 Å². The van der Waals surface area contributed by atoms with E-state index in [1.54, 1.807) is 0 Å². The molecule has 2 aromatic carbocycles. The van der Waals surface area contributed by atoms with Gasteiger partial charge in [0.2, 0.25) is 0 Å². The summed E-state index contributed by atoms with van der Waals surface area (Å²) in [6.07, 6.45) is 0. The van der Waals surface area contributed by atoms with Crippen LogP contribution in [0.1, 0.15) is 23.2 Å². The summed E-state index contributed by atoms with van der Waals surface area (Å²) >= 11 is 0. The Balaban J connectivity index is 2.31. The van der Waals surface area contributed by atoms with E-state index in [0.717, 1.165) is 0 Å². The number of likely N-dealkylation sites (N-methyl/N-ethyl adjacent to an activating group) is 2. The summed E-state index contributed by atoms with van der Waals surface area (Å²) in [6, 6.07) is 22.3. The van der Waals surface area contributed by atoms with E-state index < -0.39 is 0 Å². The van der Waals surface area contributed by atoms with Crippen molar-refractivity contribution in [2.24, 2.45) is 0 Å². The van der Waals surface area contributed by atoms with Crippen molar-refractivity contribution < 1.29 is 10.6 Å². The average molecular weight is 242 g/mol. The van der Waals surface area contributed by atoms with Gasteiger partial charge in [0.05, 0.1) is 14.1 Å². The lowest BCUT2D eigenvalue weighted by atomic mass is 9.93. The molecule has 0 heterocycles. The molecule has 2 nitrogen and oxygen atoms in total. The molecule has 2 heteroatoms. The summed E-state index contributed by atoms with van der Waals surface area (Å²) in [5.41, 5.74) is 2.76. The minimum Gasteiger partial charge on any atom is -0.337 e. The summed E-state index contributed by atoms with van der Waals surface area (Å²) in [5.74, 6) is 0. The predicted molar refractivity (Wildman–Crippen MR) is 74.1 cm³/mol. The highest BCUT2D eigenvalue weighted by Gasteiger charge is 2.28. The lowest BCUT2D eigenvalue weighted by Gasteiger charge is -2.21. The largest absolute Gasteiger partial charge is 0.337 e. The summed E-state index contributed by atoms with van der Waals surface area (Å²) in [6.45, 7) is 0. The van der Waals surface area contributed by atoms with E-state index in [2.05, 4.69) is 85.4 Å². The van der Waals surface area contributed by atoms with Gasteiger partial charge in [-0.3, -0.25) is 0 Å². The minimum atomic E-state index is 0.443. The van der Waals surface area contributed by atoms with E-state index in [9.17, 15) is 0 Å². The molecule has 2 aromatic rings. The van der Waals surface area contributed by atoms with Gasteiger partial charge in [-0.1, -0.05) is 60.7 Å². The Labute approximate surface area is 109 Å². The Kier molecular flexibility index (Phi) is 4.51. The molecule has 94 valence electrons. The molecule has 0 unspecified atom stereocenters. The zero-order valence-corrected chi connectivity index (χ0v) is 11.1. The molecule has 0 radical (unpaired) electrons. The third kappa shape index (κ3) is 2.78. The smallest absolute Gasteiger partial charge is 0.168 e. The third-order valence-electron chi connectivity index (χ3n) is 3.47. The van der Waals surface area contributed by atoms with Gasteiger partial charge in [0.1, 0.15) is 0 Å². The molecule has 0 saturated carbocycles. The number of rotatable bonds is 5. The molecule has 0 fully saturated rings. The van der Waals surface area contributed by atoms with Gasteiger partial charge in [-0.25, -0.2) is 0 Å². The van der Waals surface area contributed by atoms with Crippen molar-refractivity contribution >= 4 is 0 Å². The number of nitrogens with two attached hydrogens (primary N) is 2. The fraction of sp³-hybridized carbons (Fsp3) is 0.250. The molecule has 2 rings (SSSR count). The van der Waals surface area contributed by atoms with Crippen molar-refractivity contribution in [3.05, 3.63) is 71.8 Å². The highest BCUT2D eigenvalue weighted by molar-refractivity contribution is 5.24. The van der Waals surface area contributed by atoms with Gasteiger partial charge in [0.25, 0.3) is 0 Å². The van der Waals surface area contributed by atoms with Crippen LogP contribution >= 0.6 is 0 Å². The lowest BCUT2D eigenvalue weighted by molar-refractivity contribution is -0.762. The van der Waals surface area contributed by atoms with Gasteiger partial charge in [-0.2, -0.15) is 0 Å². The predicted octanol–water partition coefficient (Wildman–Crippen LogP) is 0.855. The van der Waals surface area contributed by atoms with Crippen molar-refractivity contribution in [1.29, 1.82) is 0 Å². The first-order valence-corrected chi connectivity index (χ1v) is 6.55. The second kappa shape index (κ2) is 6.34. The lowest BCUT2D eigenvalue weighted by Crippen LogP contribution is -2.92. The Morgan fingerprint density at radius 2 is 0.944 bits per heavy atom. The molecule has 0 amide bonds. The second-order valence-corrected chi connectivity index (χ2v) is 4.54. The molecule has 0 aliphatic carbocycles. The SMILES string of the molecule is C[NH2+][C@H](c1ccccc1)[C@H]([NH2+]C)c1ccccc1. The van der Waals surface area contributed by atoms with Gasteiger partial charge < -0.3 is 10.6 Å². The van der Waals surface area contributed by atoms with Crippen LogP contribution in [-0.2, 0) is 0 Å². The summed E-state index contributed by atoms with van der Waals surface area (Å²) in [5, 5.41) is 4.60. The molecule has 0 saturated heterocycles. The fourth-order valence-corrected chi connectivity index (χ4v) is 2.56. The van der Waals surface area contributed by atoms with E-state index in [4.69, 9.17) is 0 Å². The Bertz CT molecular complexity index is 408. The summed E-state index contributed by atoms with van der Waals surface area (Å²) < 4.78 is 0. The van der Waals surface area contributed by atoms with Crippen LogP contribution < -0.4 is 10.6 Å². The maximum Gasteiger partial charge on any atom is 0.168 e. The second-order valence-electron chi connectivity index (χ2n) is 4.54. The van der Waals surface area contributed by atoms with Crippen LogP contribution in [0.2, 0.25) is 0 Å². The number of hydrogen-bond donors (Lipinski definition) is 2. The molecule has 2 atom stereocenters. The average Bonchev–Trinajstić information content (AvgIpc) is 2.46. The van der Waals surface area contributed by atoms with Gasteiger partial charge in [0, 0.05) is 11.1 Å². The molecule has 0 aliphatic heterocycles. The van der Waals surface area contributed by atoms with Crippen molar-refractivity contribution in [2.45, 2.75) is 12.1 Å². The first-order chi connectivity index (χ1) is 8.86. The summed E-state index contributed by atoms with van der Waals surface area (Å²) in [4.78, 5) is 0. The van der Waals surface area contributed by atoms with E-state index in [1.807, 2.05) is 0 Å². The Morgan fingerprint density at radius 3 is 1.22 bits per heavy atom. The van der Waals surface area contributed by atoms with E-state index >= 15 is 0 Å². The zero-order chi connectivity index (χ0) is 12.8. The third-order valence-corrected chi connectivity index (χ3v) is 3.47. The van der Waals surface area contributed by atoms with Gasteiger partial charge in [-0.05, 0) is 0 Å². The number of benzene rings is 2. The standard InChI is InChI=1S/C16H20N2/c1-17-15(13-9-5-3-6-10-13)16(18-2)14-11-7-4-8-12-14/h3-12,15-18H,1-2H3/p+2/t15-,16-/m1/s1. The van der Waals surface area contributed by atoms with Crippen LogP contribution in [0.4, 0.5) is 0 Å². The highest BCUT2D eigenvalue weighted by atomic mass is 15.0. The summed E-state index contributed by atoms with van der Waals surface area (Å²) in [7, 11) is 4.30. The topological polar surface area (TPSA) is 33.2 Å². The fourth-order valence-electron chi connectivity index (χ4n) is 2.56. The molecular weight excluding hydrogens is 220 g/mol. The van der Waals surface area contributed by atoms with Crippen LogP contribution in [0.25, 0.3) is 0 Å². The Hall–Kier alpha value is -1.64. The van der Waals surface area contributed by atoms with Crippen molar-refractivity contribution in [1.82, 2.24) is 0 Å². The van der Waals surface area contributed by atoms with Crippen LogP contribution in [-0.4, -0.2) is 14.1 Å². The van der Waals surface area contributed by atoms with Crippen LogP contribution in [0.15, 0.2) is 60.7 Å². The quantitative estimate of drug-likeness (QED) is 0.779.